The van der Waals surface area contributed by atoms with E-state index in [2.05, 4.69) is 5.32 Å². The van der Waals surface area contributed by atoms with Gasteiger partial charge in [0, 0.05) is 19.4 Å². The summed E-state index contributed by atoms with van der Waals surface area (Å²) in [6.07, 6.45) is 4.20. The fourth-order valence-corrected chi connectivity index (χ4v) is 1.35. The Morgan fingerprint density at radius 2 is 1.80 bits per heavy atom. The second-order valence-electron chi connectivity index (χ2n) is 4.46. The van der Waals surface area contributed by atoms with Gasteiger partial charge in [-0.3, -0.25) is 4.79 Å². The number of hydrogen-bond acceptors (Lipinski definition) is 2. The van der Waals surface area contributed by atoms with E-state index >= 15 is 0 Å². The van der Waals surface area contributed by atoms with Gasteiger partial charge in [-0.05, 0) is 25.7 Å². The Balaban J connectivity index is 3.24. The van der Waals surface area contributed by atoms with E-state index in [0.29, 0.717) is 18.8 Å². The van der Waals surface area contributed by atoms with Crippen LogP contribution < -0.4 is 5.32 Å². The van der Waals surface area contributed by atoms with Gasteiger partial charge in [0.2, 0.25) is 5.91 Å². The lowest BCUT2D eigenvalue weighted by molar-refractivity contribution is -0.122. The number of carbonyl (C=O) groups excluding carboxylic acids is 2. The Kier molecular flexibility index (Phi) is 7.96. The van der Waals surface area contributed by atoms with Crippen LogP contribution in [0.1, 0.15) is 52.9 Å². The van der Waals surface area contributed by atoms with Gasteiger partial charge in [0.05, 0.1) is 0 Å². The molecule has 0 unspecified atom stereocenters. The highest BCUT2D eigenvalue weighted by atomic mass is 16.1. The smallest absolute Gasteiger partial charge is 0.220 e. The number of hydrogen-bond donors (Lipinski definition) is 1. The molecule has 1 N–H and O–H groups in total. The van der Waals surface area contributed by atoms with Crippen LogP contribution >= 0.6 is 0 Å². The molecule has 3 nitrogen and oxygen atoms in total. The molecule has 0 spiro atoms. The summed E-state index contributed by atoms with van der Waals surface area (Å²) in [5.41, 5.74) is 0. The van der Waals surface area contributed by atoms with Gasteiger partial charge in [0.15, 0.2) is 0 Å². The molecule has 0 rings (SSSR count). The van der Waals surface area contributed by atoms with Gasteiger partial charge in [-0.2, -0.15) is 0 Å². The Bertz CT molecular complexity index is 200. The van der Waals surface area contributed by atoms with Crippen molar-refractivity contribution >= 4 is 11.7 Å². The first kappa shape index (κ1) is 14.1. The third-order valence-electron chi connectivity index (χ3n) is 2.12. The highest BCUT2D eigenvalue weighted by molar-refractivity contribution is 5.76. The topological polar surface area (TPSA) is 46.2 Å². The fourth-order valence-electron chi connectivity index (χ4n) is 1.35. The van der Waals surface area contributed by atoms with E-state index in [1.54, 1.807) is 6.92 Å². The summed E-state index contributed by atoms with van der Waals surface area (Å²) >= 11 is 0. The largest absolute Gasteiger partial charge is 0.356 e. The average molecular weight is 213 g/mol. The first-order chi connectivity index (χ1) is 7.02. The van der Waals surface area contributed by atoms with E-state index in [9.17, 15) is 9.59 Å². The summed E-state index contributed by atoms with van der Waals surface area (Å²) in [7, 11) is 0. The maximum absolute atomic E-state index is 11.2. The molecule has 1 amide bonds. The van der Waals surface area contributed by atoms with Crippen LogP contribution in [0.3, 0.4) is 0 Å². The van der Waals surface area contributed by atoms with Crippen LogP contribution in [-0.4, -0.2) is 18.2 Å². The van der Waals surface area contributed by atoms with Crippen molar-refractivity contribution in [1.82, 2.24) is 5.32 Å². The third kappa shape index (κ3) is 11.1. The number of nitrogens with one attached hydrogen (secondary N) is 1. The molecule has 0 saturated carbocycles. The number of rotatable bonds is 8. The van der Waals surface area contributed by atoms with Crippen LogP contribution in [-0.2, 0) is 9.59 Å². The first-order valence-corrected chi connectivity index (χ1v) is 5.78. The number of amides is 1. The molecule has 0 fully saturated rings. The maximum atomic E-state index is 11.2. The lowest BCUT2D eigenvalue weighted by atomic mass is 10.1. The zero-order valence-corrected chi connectivity index (χ0v) is 10.1. The summed E-state index contributed by atoms with van der Waals surface area (Å²) in [6, 6.07) is 0. The van der Waals surface area contributed by atoms with Crippen molar-refractivity contribution in [2.45, 2.75) is 52.9 Å². The molecular formula is C12H23NO2. The number of Topliss-reactive ketones (excluding diaryl/α,β-unsaturated/α-hetero) is 1. The molecule has 0 aliphatic heterocycles. The lowest BCUT2D eigenvalue weighted by Gasteiger charge is -2.06. The van der Waals surface area contributed by atoms with Gasteiger partial charge < -0.3 is 10.1 Å². The second kappa shape index (κ2) is 8.45. The average Bonchev–Trinajstić information content (AvgIpc) is 2.09. The van der Waals surface area contributed by atoms with Gasteiger partial charge in [0.25, 0.3) is 0 Å². The van der Waals surface area contributed by atoms with Crippen molar-refractivity contribution in [2.24, 2.45) is 5.92 Å². The SMILES string of the molecule is CC(=O)CCCCCNC(=O)CC(C)C. The highest BCUT2D eigenvalue weighted by Crippen LogP contribution is 2.01. The Morgan fingerprint density at radius 1 is 1.13 bits per heavy atom. The summed E-state index contributed by atoms with van der Waals surface area (Å²) in [5, 5.41) is 2.88. The van der Waals surface area contributed by atoms with Crippen LogP contribution in [0, 0.1) is 5.92 Å². The molecule has 15 heavy (non-hydrogen) atoms. The van der Waals surface area contributed by atoms with Gasteiger partial charge in [0.1, 0.15) is 5.78 Å². The van der Waals surface area contributed by atoms with E-state index in [-0.39, 0.29) is 11.7 Å². The number of carbonyl (C=O) groups is 2. The highest BCUT2D eigenvalue weighted by Gasteiger charge is 2.03. The Labute approximate surface area is 92.6 Å². The second-order valence-corrected chi connectivity index (χ2v) is 4.46. The lowest BCUT2D eigenvalue weighted by Crippen LogP contribution is -2.25. The molecule has 0 bridgehead atoms. The van der Waals surface area contributed by atoms with Crippen LogP contribution in [0.5, 0.6) is 0 Å². The van der Waals surface area contributed by atoms with Gasteiger partial charge in [-0.1, -0.05) is 20.3 Å². The predicted octanol–water partition coefficient (Wildman–Crippen LogP) is 2.30. The fraction of sp³-hybridized carbons (Fsp3) is 0.833. The number of ketones is 1. The Hall–Kier alpha value is -0.860. The van der Waals surface area contributed by atoms with E-state index in [4.69, 9.17) is 0 Å². The summed E-state index contributed by atoms with van der Waals surface area (Å²) < 4.78 is 0. The van der Waals surface area contributed by atoms with Crippen LogP contribution in [0.25, 0.3) is 0 Å². The quantitative estimate of drug-likeness (QED) is 0.629. The zero-order chi connectivity index (χ0) is 11.7. The van der Waals surface area contributed by atoms with Gasteiger partial charge >= 0.3 is 0 Å². The molecule has 0 heterocycles. The molecule has 0 aromatic heterocycles. The van der Waals surface area contributed by atoms with Crippen molar-refractivity contribution in [3.63, 3.8) is 0 Å². The zero-order valence-electron chi connectivity index (χ0n) is 10.1. The molecule has 0 aromatic rings. The summed E-state index contributed by atoms with van der Waals surface area (Å²) in [4.78, 5) is 21.9. The van der Waals surface area contributed by atoms with Crippen molar-refractivity contribution in [2.75, 3.05) is 6.54 Å². The van der Waals surface area contributed by atoms with E-state index in [1.165, 1.54) is 0 Å². The summed E-state index contributed by atoms with van der Waals surface area (Å²) in [5.74, 6) is 0.804. The molecule has 3 heteroatoms. The van der Waals surface area contributed by atoms with Crippen molar-refractivity contribution in [3.05, 3.63) is 0 Å². The monoisotopic (exact) mass is 213 g/mol. The van der Waals surface area contributed by atoms with Crippen LogP contribution in [0.2, 0.25) is 0 Å². The normalized spacial score (nSPS) is 10.4. The first-order valence-electron chi connectivity index (χ1n) is 5.78. The number of unbranched alkanes of at least 4 members (excludes halogenated alkanes) is 2. The van der Waals surface area contributed by atoms with Crippen molar-refractivity contribution in [1.29, 1.82) is 0 Å². The minimum Gasteiger partial charge on any atom is -0.356 e. The molecule has 0 aromatic carbocycles. The molecular weight excluding hydrogens is 190 g/mol. The van der Waals surface area contributed by atoms with Gasteiger partial charge in [-0.25, -0.2) is 0 Å². The Morgan fingerprint density at radius 3 is 2.33 bits per heavy atom. The van der Waals surface area contributed by atoms with Crippen molar-refractivity contribution in [3.8, 4) is 0 Å². The summed E-state index contributed by atoms with van der Waals surface area (Å²) in [6.45, 7) is 6.42. The van der Waals surface area contributed by atoms with Crippen molar-refractivity contribution < 1.29 is 9.59 Å². The minimum absolute atomic E-state index is 0.136. The molecule has 0 aliphatic rings. The van der Waals surface area contributed by atoms with E-state index in [0.717, 1.165) is 25.8 Å². The molecule has 88 valence electrons. The van der Waals surface area contributed by atoms with Crippen LogP contribution in [0.15, 0.2) is 0 Å². The predicted molar refractivity (Wildman–Crippen MR) is 61.6 cm³/mol. The third-order valence-corrected chi connectivity index (χ3v) is 2.12. The van der Waals surface area contributed by atoms with Gasteiger partial charge in [-0.15, -0.1) is 0 Å². The molecule has 0 aliphatic carbocycles. The standard InChI is InChI=1S/C12H23NO2/c1-10(2)9-12(15)13-8-6-4-5-7-11(3)14/h10H,4-9H2,1-3H3,(H,13,15). The maximum Gasteiger partial charge on any atom is 0.220 e. The molecule has 0 atom stereocenters. The minimum atomic E-state index is 0.136. The van der Waals surface area contributed by atoms with E-state index < -0.39 is 0 Å². The molecule has 0 saturated heterocycles. The van der Waals surface area contributed by atoms with E-state index in [1.807, 2.05) is 13.8 Å². The van der Waals surface area contributed by atoms with Crippen LogP contribution in [0.4, 0.5) is 0 Å². The molecule has 0 radical (unpaired) electrons.